The van der Waals surface area contributed by atoms with Gasteiger partial charge in [0.15, 0.2) is 10.8 Å². The van der Waals surface area contributed by atoms with E-state index in [1.807, 2.05) is 59.1 Å². The van der Waals surface area contributed by atoms with E-state index in [1.54, 1.807) is 13.0 Å². The molecule has 1 N–H and O–H groups in total. The van der Waals surface area contributed by atoms with E-state index in [1.165, 1.54) is 23.1 Å². The van der Waals surface area contributed by atoms with E-state index >= 15 is 0 Å². The molecule has 1 amide bonds. The first-order chi connectivity index (χ1) is 14.7. The lowest BCUT2D eigenvalue weighted by molar-refractivity contribution is -0.113. The number of amides is 1. The predicted molar refractivity (Wildman–Crippen MR) is 118 cm³/mol. The molecule has 0 aliphatic rings. The van der Waals surface area contributed by atoms with E-state index in [0.29, 0.717) is 15.7 Å². The number of benzene rings is 1. The van der Waals surface area contributed by atoms with Crippen molar-refractivity contribution in [2.45, 2.75) is 12.1 Å². The average molecular weight is 439 g/mol. The van der Waals surface area contributed by atoms with Crippen LogP contribution < -0.4 is 5.32 Å². The first kappa shape index (κ1) is 20.1. The van der Waals surface area contributed by atoms with E-state index in [2.05, 4.69) is 15.5 Å². The lowest BCUT2D eigenvalue weighted by atomic mass is 10.2. The van der Waals surface area contributed by atoms with Gasteiger partial charge in [-0.15, -0.1) is 21.5 Å². The molecule has 152 valence electrons. The molecule has 9 heteroatoms. The zero-order valence-corrected chi connectivity index (χ0v) is 17.7. The summed E-state index contributed by atoms with van der Waals surface area (Å²) in [5.41, 5.74) is 2.14. The Kier molecular flexibility index (Phi) is 6.10. The molecule has 1 aromatic carbocycles. The van der Waals surface area contributed by atoms with Crippen LogP contribution >= 0.6 is 23.1 Å². The number of nitrogens with one attached hydrogen (secondary N) is 1. The molecule has 3 heterocycles. The molecule has 3 aromatic heterocycles. The van der Waals surface area contributed by atoms with Crippen LogP contribution in [0.2, 0.25) is 0 Å². The number of pyridine rings is 1. The smallest absolute Gasteiger partial charge is 0.350 e. The summed E-state index contributed by atoms with van der Waals surface area (Å²) in [7, 11) is 0. The zero-order chi connectivity index (χ0) is 20.9. The maximum atomic E-state index is 12.6. The van der Waals surface area contributed by atoms with E-state index in [4.69, 9.17) is 4.74 Å². The van der Waals surface area contributed by atoms with Gasteiger partial charge in [0.2, 0.25) is 5.91 Å². The maximum Gasteiger partial charge on any atom is 0.350 e. The zero-order valence-electron chi connectivity index (χ0n) is 16.1. The molecule has 0 spiro atoms. The number of hydrogen-bond donors (Lipinski definition) is 1. The van der Waals surface area contributed by atoms with Crippen molar-refractivity contribution in [1.82, 2.24) is 14.6 Å². The van der Waals surface area contributed by atoms with Crippen LogP contribution in [0.1, 0.15) is 16.6 Å². The molecular weight excluding hydrogens is 420 g/mol. The summed E-state index contributed by atoms with van der Waals surface area (Å²) in [4.78, 5) is 26.2. The van der Waals surface area contributed by atoms with E-state index < -0.39 is 5.97 Å². The summed E-state index contributed by atoms with van der Waals surface area (Å²) in [6.07, 6.45) is 1.85. The number of nitrogens with zero attached hydrogens (tertiary/aromatic N) is 3. The minimum atomic E-state index is -0.448. The fourth-order valence-corrected chi connectivity index (χ4v) is 4.55. The highest BCUT2D eigenvalue weighted by Gasteiger charge is 2.20. The van der Waals surface area contributed by atoms with Gasteiger partial charge in [0.25, 0.3) is 0 Å². The van der Waals surface area contributed by atoms with Gasteiger partial charge in [-0.3, -0.25) is 9.20 Å². The van der Waals surface area contributed by atoms with Crippen LogP contribution in [0.4, 0.5) is 5.69 Å². The fourth-order valence-electron chi connectivity index (χ4n) is 2.81. The van der Waals surface area contributed by atoms with Crippen molar-refractivity contribution < 1.29 is 14.3 Å². The van der Waals surface area contributed by atoms with Crippen LogP contribution in [0.3, 0.4) is 0 Å². The Hall–Kier alpha value is -3.17. The second-order valence-corrected chi connectivity index (χ2v) is 8.18. The second kappa shape index (κ2) is 9.10. The largest absolute Gasteiger partial charge is 0.462 e. The molecule has 0 radical (unpaired) electrons. The molecule has 0 unspecified atom stereocenters. The number of anilines is 1. The third-order valence-corrected chi connectivity index (χ3v) is 6.25. The highest BCUT2D eigenvalue weighted by Crippen LogP contribution is 2.35. The fraction of sp³-hybridized carbons (Fsp3) is 0.143. The van der Waals surface area contributed by atoms with E-state index in [0.717, 1.165) is 16.1 Å². The van der Waals surface area contributed by atoms with Crippen LogP contribution in [0.25, 0.3) is 16.1 Å². The van der Waals surface area contributed by atoms with Gasteiger partial charge in [0, 0.05) is 11.1 Å². The molecule has 4 aromatic rings. The van der Waals surface area contributed by atoms with Crippen molar-refractivity contribution >= 4 is 46.3 Å². The molecule has 0 fully saturated rings. The molecule has 30 heavy (non-hydrogen) atoms. The van der Waals surface area contributed by atoms with Crippen LogP contribution in [-0.4, -0.2) is 38.8 Å². The van der Waals surface area contributed by atoms with Gasteiger partial charge in [-0.05, 0) is 30.7 Å². The van der Waals surface area contributed by atoms with Gasteiger partial charge < -0.3 is 10.1 Å². The molecule has 0 atom stereocenters. The van der Waals surface area contributed by atoms with Gasteiger partial charge >= 0.3 is 5.97 Å². The Balaban J connectivity index is 1.51. The van der Waals surface area contributed by atoms with Gasteiger partial charge in [0.05, 0.1) is 18.0 Å². The Morgan fingerprint density at radius 1 is 1.13 bits per heavy atom. The quantitative estimate of drug-likeness (QED) is 0.341. The summed E-state index contributed by atoms with van der Waals surface area (Å²) in [6, 6.07) is 17.1. The van der Waals surface area contributed by atoms with Crippen LogP contribution in [0.5, 0.6) is 0 Å². The van der Waals surface area contributed by atoms with Crippen molar-refractivity contribution in [2.24, 2.45) is 0 Å². The summed E-state index contributed by atoms with van der Waals surface area (Å²) in [5, 5.41) is 11.7. The SMILES string of the molecule is CCOC(=O)c1sc(-c2ccccc2)cc1NC(=O)CSc1nnc2ccccn12. The van der Waals surface area contributed by atoms with E-state index in [-0.39, 0.29) is 18.3 Å². The Bertz CT molecular complexity index is 1190. The van der Waals surface area contributed by atoms with Crippen molar-refractivity contribution in [2.75, 3.05) is 17.7 Å². The highest BCUT2D eigenvalue weighted by atomic mass is 32.2. The summed E-state index contributed by atoms with van der Waals surface area (Å²) >= 11 is 2.57. The number of aromatic nitrogens is 3. The van der Waals surface area contributed by atoms with Crippen molar-refractivity contribution in [3.63, 3.8) is 0 Å². The molecule has 0 aliphatic heterocycles. The molecular formula is C21H18N4O3S2. The molecule has 0 saturated heterocycles. The van der Waals surface area contributed by atoms with Gasteiger partial charge in [-0.2, -0.15) is 0 Å². The lowest BCUT2D eigenvalue weighted by Gasteiger charge is -2.05. The lowest BCUT2D eigenvalue weighted by Crippen LogP contribution is -2.16. The summed E-state index contributed by atoms with van der Waals surface area (Å²) < 4.78 is 6.98. The van der Waals surface area contributed by atoms with Gasteiger partial charge in [0.1, 0.15) is 4.88 Å². The van der Waals surface area contributed by atoms with Crippen molar-refractivity contribution in [1.29, 1.82) is 0 Å². The van der Waals surface area contributed by atoms with E-state index in [9.17, 15) is 9.59 Å². The first-order valence-electron chi connectivity index (χ1n) is 9.24. The Labute approximate surface area is 181 Å². The molecule has 0 bridgehead atoms. The number of thiophene rings is 1. The number of esters is 1. The molecule has 7 nitrogen and oxygen atoms in total. The standard InChI is InChI=1S/C21H18N4O3S2/c1-2-28-20(27)19-15(12-16(30-19)14-8-4-3-5-9-14)22-18(26)13-29-21-24-23-17-10-6-7-11-25(17)21/h3-12H,2,13H2,1H3,(H,22,26). The normalized spacial score (nSPS) is 10.8. The Morgan fingerprint density at radius 2 is 1.93 bits per heavy atom. The van der Waals surface area contributed by atoms with Crippen LogP contribution in [0, 0.1) is 0 Å². The Morgan fingerprint density at radius 3 is 2.73 bits per heavy atom. The number of carbonyl (C=O) groups excluding carboxylic acids is 2. The third kappa shape index (κ3) is 4.37. The number of rotatable bonds is 7. The van der Waals surface area contributed by atoms with Gasteiger partial charge in [-0.1, -0.05) is 48.2 Å². The maximum absolute atomic E-state index is 12.6. The predicted octanol–water partition coefficient (Wildman–Crippen LogP) is 4.37. The van der Waals surface area contributed by atoms with Crippen molar-refractivity contribution in [3.8, 4) is 10.4 Å². The molecule has 4 rings (SSSR count). The third-order valence-electron chi connectivity index (χ3n) is 4.14. The van der Waals surface area contributed by atoms with Gasteiger partial charge in [-0.25, -0.2) is 4.79 Å². The number of hydrogen-bond acceptors (Lipinski definition) is 7. The molecule has 0 aliphatic carbocycles. The second-order valence-electron chi connectivity index (χ2n) is 6.19. The summed E-state index contributed by atoms with van der Waals surface area (Å²) in [5.74, 6) is -0.555. The minimum Gasteiger partial charge on any atom is -0.462 e. The van der Waals surface area contributed by atoms with Crippen molar-refractivity contribution in [3.05, 3.63) is 65.7 Å². The van der Waals surface area contributed by atoms with Crippen LogP contribution in [0.15, 0.2) is 66.0 Å². The highest BCUT2D eigenvalue weighted by molar-refractivity contribution is 7.99. The monoisotopic (exact) mass is 438 g/mol. The average Bonchev–Trinajstić information content (AvgIpc) is 3.37. The number of thioether (sulfide) groups is 1. The number of carbonyl (C=O) groups is 2. The van der Waals surface area contributed by atoms with Crippen LogP contribution in [-0.2, 0) is 9.53 Å². The first-order valence-corrected chi connectivity index (χ1v) is 11.0. The topological polar surface area (TPSA) is 85.6 Å². The minimum absolute atomic E-state index is 0.133. The number of ether oxygens (including phenoxy) is 1. The number of fused-ring (bicyclic) bond motifs is 1. The summed E-state index contributed by atoms with van der Waals surface area (Å²) in [6.45, 7) is 2.02. The molecule has 0 saturated carbocycles.